The predicted octanol–water partition coefficient (Wildman–Crippen LogP) is 6.53. The molecule has 0 unspecified atom stereocenters. The molecule has 50 heavy (non-hydrogen) atoms. The minimum atomic E-state index is -4.07. The molecule has 5 aromatic rings. The number of urea groups is 2. The number of ether oxygens (including phenoxy) is 2. The van der Waals surface area contributed by atoms with E-state index >= 15 is 0 Å². The summed E-state index contributed by atoms with van der Waals surface area (Å²) in [4.78, 5) is 24.9. The van der Waals surface area contributed by atoms with E-state index in [0.717, 1.165) is 0 Å². The third-order valence-electron chi connectivity index (χ3n) is 6.73. The molecule has 4 N–H and O–H groups in total. The van der Waals surface area contributed by atoms with Crippen LogP contribution in [-0.4, -0.2) is 43.1 Å². The van der Waals surface area contributed by atoms with E-state index < -0.39 is 32.3 Å². The Labute approximate surface area is 288 Å². The Hall–Kier alpha value is -6.26. The van der Waals surface area contributed by atoms with Crippen LogP contribution in [0.5, 0.6) is 23.0 Å². The van der Waals surface area contributed by atoms with Crippen LogP contribution in [0.4, 0.5) is 32.3 Å². The first-order chi connectivity index (χ1) is 23.9. The number of carbonyl (C=O) groups is 2. The van der Waals surface area contributed by atoms with Crippen LogP contribution in [0.15, 0.2) is 131 Å². The minimum absolute atomic E-state index is 0.0407. The van der Waals surface area contributed by atoms with Gasteiger partial charge in [-0.05, 0) is 121 Å². The van der Waals surface area contributed by atoms with Gasteiger partial charge < -0.3 is 39.1 Å². The predicted molar refractivity (Wildman–Crippen MR) is 186 cm³/mol. The first kappa shape index (κ1) is 35.1. The van der Waals surface area contributed by atoms with Crippen molar-refractivity contribution >= 4 is 55.0 Å². The smallest absolute Gasteiger partial charge is 0.339 e. The Balaban J connectivity index is 1.07. The van der Waals surface area contributed by atoms with Gasteiger partial charge in [-0.15, -0.1) is 0 Å². The Morgan fingerprint density at radius 2 is 0.640 bits per heavy atom. The number of amides is 4. The van der Waals surface area contributed by atoms with Gasteiger partial charge in [0.1, 0.15) is 32.8 Å². The van der Waals surface area contributed by atoms with Crippen molar-refractivity contribution in [1.29, 1.82) is 0 Å². The molecular formula is C34H30N4O10S2. The van der Waals surface area contributed by atoms with Gasteiger partial charge in [0.05, 0.1) is 14.2 Å². The van der Waals surface area contributed by atoms with Crippen molar-refractivity contribution in [3.05, 3.63) is 121 Å². The number of benzene rings is 5. The largest absolute Gasteiger partial charge is 0.497 e. The van der Waals surface area contributed by atoms with E-state index in [-0.39, 0.29) is 21.3 Å². The van der Waals surface area contributed by atoms with Crippen molar-refractivity contribution in [2.24, 2.45) is 0 Å². The molecule has 4 amide bonds. The first-order valence-corrected chi connectivity index (χ1v) is 17.4. The topological polar surface area (TPSA) is 187 Å². The van der Waals surface area contributed by atoms with Gasteiger partial charge in [-0.25, -0.2) is 9.59 Å². The highest BCUT2D eigenvalue weighted by atomic mass is 32.2. The fourth-order valence-corrected chi connectivity index (χ4v) is 6.11. The third kappa shape index (κ3) is 9.42. The van der Waals surface area contributed by atoms with E-state index in [1.54, 1.807) is 24.3 Å². The minimum Gasteiger partial charge on any atom is -0.497 e. The Morgan fingerprint density at radius 3 is 0.900 bits per heavy atom. The van der Waals surface area contributed by atoms with Crippen LogP contribution in [0.3, 0.4) is 0 Å². The van der Waals surface area contributed by atoms with E-state index in [1.165, 1.54) is 111 Å². The zero-order valence-electron chi connectivity index (χ0n) is 26.4. The molecule has 0 bridgehead atoms. The van der Waals surface area contributed by atoms with Crippen LogP contribution in [0, 0.1) is 0 Å². The van der Waals surface area contributed by atoms with Crippen molar-refractivity contribution in [3.8, 4) is 23.0 Å². The molecule has 258 valence electrons. The number of rotatable bonds is 12. The van der Waals surface area contributed by atoms with E-state index in [1.807, 2.05) is 0 Å². The van der Waals surface area contributed by atoms with Gasteiger partial charge in [-0.2, -0.15) is 16.8 Å². The molecule has 16 heteroatoms. The summed E-state index contributed by atoms with van der Waals surface area (Å²) in [5.74, 6) is 1.12. The Kier molecular flexibility index (Phi) is 10.7. The van der Waals surface area contributed by atoms with Crippen molar-refractivity contribution < 1.29 is 44.3 Å². The maximum Gasteiger partial charge on any atom is 0.339 e. The van der Waals surface area contributed by atoms with Gasteiger partial charge in [0.2, 0.25) is 0 Å². The normalized spacial score (nSPS) is 11.1. The highest BCUT2D eigenvalue weighted by molar-refractivity contribution is 7.87. The number of methoxy groups -OCH3 is 2. The molecule has 5 rings (SSSR count). The molecule has 0 fully saturated rings. The van der Waals surface area contributed by atoms with E-state index in [4.69, 9.17) is 17.8 Å². The summed E-state index contributed by atoms with van der Waals surface area (Å²) in [6.45, 7) is 0. The summed E-state index contributed by atoms with van der Waals surface area (Å²) in [5, 5.41) is 10.6. The maximum atomic E-state index is 12.5. The first-order valence-electron chi connectivity index (χ1n) is 14.6. The molecule has 0 heterocycles. The lowest BCUT2D eigenvalue weighted by molar-refractivity contribution is 0.261. The number of carbonyl (C=O) groups excluding carboxylic acids is 2. The summed E-state index contributed by atoms with van der Waals surface area (Å²) in [7, 11) is -5.20. The van der Waals surface area contributed by atoms with Crippen molar-refractivity contribution in [2.45, 2.75) is 9.79 Å². The molecule has 0 atom stereocenters. The maximum absolute atomic E-state index is 12.5. The van der Waals surface area contributed by atoms with E-state index in [2.05, 4.69) is 21.3 Å². The van der Waals surface area contributed by atoms with Gasteiger partial charge >= 0.3 is 32.3 Å². The van der Waals surface area contributed by atoms with Crippen LogP contribution in [0.2, 0.25) is 0 Å². The summed E-state index contributed by atoms with van der Waals surface area (Å²) in [6, 6.07) is 28.2. The molecule has 0 aliphatic heterocycles. The van der Waals surface area contributed by atoms with Gasteiger partial charge in [0.15, 0.2) is 0 Å². The Morgan fingerprint density at radius 1 is 0.400 bits per heavy atom. The van der Waals surface area contributed by atoms with E-state index in [9.17, 15) is 26.4 Å². The molecular weight excluding hydrogens is 689 g/mol. The molecule has 0 aromatic heterocycles. The van der Waals surface area contributed by atoms with Crippen molar-refractivity contribution in [2.75, 3.05) is 35.5 Å². The number of anilines is 4. The lowest BCUT2D eigenvalue weighted by Gasteiger charge is -2.11. The average Bonchev–Trinajstić information content (AvgIpc) is 3.10. The molecule has 0 saturated carbocycles. The quantitative estimate of drug-likeness (QED) is 0.103. The zero-order chi connectivity index (χ0) is 35.7. The van der Waals surface area contributed by atoms with Gasteiger partial charge in [0, 0.05) is 22.7 Å². The number of hydrogen-bond acceptors (Lipinski definition) is 10. The van der Waals surface area contributed by atoms with Gasteiger partial charge in [-0.1, -0.05) is 0 Å². The molecule has 14 nitrogen and oxygen atoms in total. The Bertz CT molecular complexity index is 2000. The van der Waals surface area contributed by atoms with Crippen molar-refractivity contribution in [1.82, 2.24) is 0 Å². The molecule has 0 aliphatic rings. The third-order valence-corrected chi connectivity index (χ3v) is 9.26. The zero-order valence-corrected chi connectivity index (χ0v) is 28.1. The summed E-state index contributed by atoms with van der Waals surface area (Å²) in [5.41, 5.74) is 1.62. The second-order valence-electron chi connectivity index (χ2n) is 10.2. The monoisotopic (exact) mass is 718 g/mol. The van der Waals surface area contributed by atoms with Crippen LogP contribution in [0.1, 0.15) is 0 Å². The second kappa shape index (κ2) is 15.3. The number of nitrogens with one attached hydrogen (secondary N) is 4. The standard InChI is InChI=1S/C34H30N4O10S2/c1-45-27-15-19-31(20-16-27)49(41,42)47-29-11-7-25(8-12-29)37-33(39)35-23-3-5-24(6-4-23)36-34(40)38-26-9-13-30(14-10-26)48-50(43,44)32-21-17-28(46-2)18-22-32/h3-22H,1-2H3,(H2,35,37,39)(H2,36,38,40). The average molecular weight is 719 g/mol. The fraction of sp³-hybridized carbons (Fsp3) is 0.0588. The fourth-order valence-electron chi connectivity index (χ4n) is 4.25. The molecule has 0 radical (unpaired) electrons. The van der Waals surface area contributed by atoms with Gasteiger partial charge in [-0.3, -0.25) is 0 Å². The van der Waals surface area contributed by atoms with Crippen LogP contribution in [-0.2, 0) is 20.2 Å². The number of hydrogen-bond donors (Lipinski definition) is 4. The van der Waals surface area contributed by atoms with Crippen LogP contribution < -0.4 is 39.1 Å². The summed E-state index contributed by atoms with van der Waals surface area (Å²) >= 11 is 0. The summed E-state index contributed by atoms with van der Waals surface area (Å²) in [6.07, 6.45) is 0. The SMILES string of the molecule is COc1ccc(S(=O)(=O)Oc2ccc(NC(=O)Nc3ccc(NC(=O)Nc4ccc(OS(=O)(=O)c5ccc(OC)cc5)cc4)cc3)cc2)cc1. The summed E-state index contributed by atoms with van der Waals surface area (Å²) < 4.78 is 70.6. The van der Waals surface area contributed by atoms with E-state index in [0.29, 0.717) is 34.2 Å². The molecule has 0 aliphatic carbocycles. The highest BCUT2D eigenvalue weighted by Gasteiger charge is 2.18. The molecule has 0 spiro atoms. The lowest BCUT2D eigenvalue weighted by Crippen LogP contribution is -2.20. The van der Waals surface area contributed by atoms with Gasteiger partial charge in [0.25, 0.3) is 0 Å². The van der Waals surface area contributed by atoms with Crippen LogP contribution in [0.25, 0.3) is 0 Å². The lowest BCUT2D eigenvalue weighted by atomic mass is 10.2. The molecule has 5 aromatic carbocycles. The second-order valence-corrected chi connectivity index (χ2v) is 13.3. The van der Waals surface area contributed by atoms with Crippen molar-refractivity contribution in [3.63, 3.8) is 0 Å². The highest BCUT2D eigenvalue weighted by Crippen LogP contribution is 2.24. The van der Waals surface area contributed by atoms with Crippen LogP contribution >= 0.6 is 0 Å². The molecule has 0 saturated heterocycles.